The van der Waals surface area contributed by atoms with Gasteiger partial charge in [0.15, 0.2) is 0 Å². The third-order valence-electron chi connectivity index (χ3n) is 3.93. The molecular weight excluding hydrogens is 234 g/mol. The van der Waals surface area contributed by atoms with Crippen LogP contribution in [0, 0.1) is 0 Å². The molecule has 1 unspecified atom stereocenters. The van der Waals surface area contributed by atoms with Crippen LogP contribution in [0.4, 0.5) is 5.69 Å². The smallest absolute Gasteiger partial charge is 0.0521 e. The van der Waals surface area contributed by atoms with Crippen LogP contribution in [0.2, 0.25) is 0 Å². The Hall–Kier alpha value is -1.77. The molecule has 0 fully saturated rings. The Kier molecular flexibility index (Phi) is 3.53. The normalized spacial score (nSPS) is 17.8. The molecule has 1 N–H and O–H groups in total. The predicted molar refractivity (Wildman–Crippen MR) is 78.4 cm³/mol. The Morgan fingerprint density at radius 3 is 3.11 bits per heavy atom. The van der Waals surface area contributed by atoms with Crippen LogP contribution in [0.5, 0.6) is 0 Å². The van der Waals surface area contributed by atoms with E-state index in [9.17, 15) is 0 Å². The first-order chi connectivity index (χ1) is 9.35. The highest BCUT2D eigenvalue weighted by molar-refractivity contribution is 5.53. The van der Waals surface area contributed by atoms with Gasteiger partial charge in [-0.05, 0) is 49.8 Å². The van der Waals surface area contributed by atoms with Gasteiger partial charge in [-0.1, -0.05) is 18.2 Å². The van der Waals surface area contributed by atoms with Crippen LogP contribution in [-0.4, -0.2) is 15.8 Å². The fraction of sp³-hybridized carbons (Fsp3) is 0.438. The average Bonchev–Trinajstić information content (AvgIpc) is 2.93. The van der Waals surface area contributed by atoms with Crippen LogP contribution in [0.3, 0.4) is 0 Å². The Bertz CT molecular complexity index is 544. The molecule has 0 saturated heterocycles. The lowest BCUT2D eigenvalue weighted by Gasteiger charge is -2.26. The summed E-state index contributed by atoms with van der Waals surface area (Å²) < 4.78 is 2.00. The first-order valence-corrected chi connectivity index (χ1v) is 7.21. The van der Waals surface area contributed by atoms with Gasteiger partial charge < -0.3 is 5.32 Å². The van der Waals surface area contributed by atoms with E-state index >= 15 is 0 Å². The number of nitrogens with zero attached hydrogens (tertiary/aromatic N) is 2. The molecule has 3 nitrogen and oxygen atoms in total. The molecule has 100 valence electrons. The fourth-order valence-electron chi connectivity index (χ4n) is 2.77. The van der Waals surface area contributed by atoms with Gasteiger partial charge in [-0.25, -0.2) is 0 Å². The highest BCUT2D eigenvalue weighted by Gasteiger charge is 2.16. The van der Waals surface area contributed by atoms with Gasteiger partial charge in [0.05, 0.1) is 6.20 Å². The Morgan fingerprint density at radius 1 is 1.37 bits per heavy atom. The van der Waals surface area contributed by atoms with Gasteiger partial charge in [-0.15, -0.1) is 0 Å². The largest absolute Gasteiger partial charge is 0.382 e. The summed E-state index contributed by atoms with van der Waals surface area (Å²) in [5.41, 5.74) is 4.13. The lowest BCUT2D eigenvalue weighted by molar-refractivity contribution is 0.586. The highest BCUT2D eigenvalue weighted by atomic mass is 15.3. The number of fused-ring (bicyclic) bond motifs is 1. The van der Waals surface area contributed by atoms with Crippen LogP contribution in [0.25, 0.3) is 0 Å². The third-order valence-corrected chi connectivity index (χ3v) is 3.93. The molecule has 0 amide bonds. The molecule has 0 radical (unpaired) electrons. The van der Waals surface area contributed by atoms with E-state index < -0.39 is 0 Å². The summed E-state index contributed by atoms with van der Waals surface area (Å²) in [6.45, 7) is 3.07. The van der Waals surface area contributed by atoms with Crippen molar-refractivity contribution in [2.45, 2.75) is 45.2 Å². The molecule has 1 aliphatic rings. The molecule has 0 spiro atoms. The van der Waals surface area contributed by atoms with E-state index in [0.29, 0.717) is 6.04 Å². The average molecular weight is 255 g/mol. The van der Waals surface area contributed by atoms with Crippen molar-refractivity contribution in [3.63, 3.8) is 0 Å². The molecule has 0 aliphatic carbocycles. The van der Waals surface area contributed by atoms with Crippen LogP contribution >= 0.6 is 0 Å². The van der Waals surface area contributed by atoms with Gasteiger partial charge in [0.2, 0.25) is 0 Å². The molecular formula is C16H21N3. The van der Waals surface area contributed by atoms with Crippen molar-refractivity contribution in [3.05, 3.63) is 47.8 Å². The second-order valence-corrected chi connectivity index (χ2v) is 5.28. The maximum Gasteiger partial charge on any atom is 0.0521 e. The molecule has 3 heteroatoms. The summed E-state index contributed by atoms with van der Waals surface area (Å²) in [4.78, 5) is 0. The van der Waals surface area contributed by atoms with Crippen molar-refractivity contribution in [1.82, 2.24) is 9.78 Å². The topological polar surface area (TPSA) is 29.9 Å². The summed E-state index contributed by atoms with van der Waals surface area (Å²) in [7, 11) is 0. The Balaban J connectivity index is 1.57. The van der Waals surface area contributed by atoms with Crippen molar-refractivity contribution in [2.24, 2.45) is 0 Å². The Labute approximate surface area is 114 Å². The summed E-state index contributed by atoms with van der Waals surface area (Å²) in [6, 6.07) is 9.25. The standard InChI is InChI=1S/C16H21N3/c1-2-19-12-13(11-17-19)7-9-15-10-8-14-5-3-4-6-16(14)18-15/h3-6,11-12,15,18H,2,7-10H2,1H3. The van der Waals surface area contributed by atoms with E-state index in [4.69, 9.17) is 0 Å². The van der Waals surface area contributed by atoms with Crippen molar-refractivity contribution in [2.75, 3.05) is 5.32 Å². The SMILES string of the molecule is CCn1cc(CCC2CCc3ccccc3N2)cn1. The molecule has 1 aromatic heterocycles. The number of nitrogens with one attached hydrogen (secondary N) is 1. The van der Waals surface area contributed by atoms with Crippen molar-refractivity contribution < 1.29 is 0 Å². The molecule has 1 aromatic carbocycles. The maximum atomic E-state index is 4.33. The van der Waals surface area contributed by atoms with Crippen molar-refractivity contribution >= 4 is 5.69 Å². The monoisotopic (exact) mass is 255 g/mol. The minimum atomic E-state index is 0.597. The number of aromatic nitrogens is 2. The van der Waals surface area contributed by atoms with Crippen molar-refractivity contribution in [3.8, 4) is 0 Å². The number of benzene rings is 1. The van der Waals surface area contributed by atoms with Crippen LogP contribution in [-0.2, 0) is 19.4 Å². The number of rotatable bonds is 4. The molecule has 2 aromatic rings. The number of hydrogen-bond acceptors (Lipinski definition) is 2. The second-order valence-electron chi connectivity index (χ2n) is 5.28. The molecule has 19 heavy (non-hydrogen) atoms. The summed E-state index contributed by atoms with van der Waals surface area (Å²) in [5.74, 6) is 0. The molecule has 2 heterocycles. The van der Waals surface area contributed by atoms with Crippen molar-refractivity contribution in [1.29, 1.82) is 0 Å². The van der Waals surface area contributed by atoms with E-state index in [2.05, 4.69) is 47.8 Å². The van der Waals surface area contributed by atoms with Gasteiger partial charge in [0.25, 0.3) is 0 Å². The van der Waals surface area contributed by atoms with E-state index in [1.807, 2.05) is 10.9 Å². The summed E-state index contributed by atoms with van der Waals surface area (Å²) >= 11 is 0. The first kappa shape index (κ1) is 12.3. The van der Waals surface area contributed by atoms with Gasteiger partial charge in [0, 0.05) is 24.5 Å². The number of hydrogen-bond donors (Lipinski definition) is 1. The lowest BCUT2D eigenvalue weighted by atomic mass is 9.94. The third kappa shape index (κ3) is 2.80. The van der Waals surface area contributed by atoms with Crippen LogP contribution in [0.1, 0.15) is 30.9 Å². The zero-order valence-electron chi connectivity index (χ0n) is 11.5. The molecule has 0 saturated carbocycles. The van der Waals surface area contributed by atoms with E-state index in [1.54, 1.807) is 0 Å². The zero-order chi connectivity index (χ0) is 13.1. The lowest BCUT2D eigenvalue weighted by Crippen LogP contribution is -2.25. The molecule has 1 atom stereocenters. The number of aryl methyl sites for hydroxylation is 3. The van der Waals surface area contributed by atoms with Crippen LogP contribution < -0.4 is 5.32 Å². The van der Waals surface area contributed by atoms with Gasteiger partial charge >= 0.3 is 0 Å². The minimum absolute atomic E-state index is 0.597. The zero-order valence-corrected chi connectivity index (χ0v) is 11.5. The second kappa shape index (κ2) is 5.47. The highest BCUT2D eigenvalue weighted by Crippen LogP contribution is 2.26. The van der Waals surface area contributed by atoms with E-state index in [1.165, 1.54) is 36.1 Å². The number of anilines is 1. The van der Waals surface area contributed by atoms with Gasteiger partial charge in [0.1, 0.15) is 0 Å². The van der Waals surface area contributed by atoms with Gasteiger partial charge in [-0.2, -0.15) is 5.10 Å². The maximum absolute atomic E-state index is 4.33. The van der Waals surface area contributed by atoms with E-state index in [0.717, 1.165) is 13.0 Å². The Morgan fingerprint density at radius 2 is 2.26 bits per heavy atom. The quantitative estimate of drug-likeness (QED) is 0.908. The van der Waals surface area contributed by atoms with Crippen LogP contribution in [0.15, 0.2) is 36.7 Å². The minimum Gasteiger partial charge on any atom is -0.382 e. The predicted octanol–water partition coefficient (Wildman–Crippen LogP) is 3.26. The molecule has 1 aliphatic heterocycles. The summed E-state index contributed by atoms with van der Waals surface area (Å²) in [5, 5.41) is 7.99. The molecule has 3 rings (SSSR count). The molecule has 0 bridgehead atoms. The van der Waals surface area contributed by atoms with Gasteiger partial charge in [-0.3, -0.25) is 4.68 Å². The summed E-state index contributed by atoms with van der Waals surface area (Å²) in [6.07, 6.45) is 8.89. The first-order valence-electron chi connectivity index (χ1n) is 7.21. The van der Waals surface area contributed by atoms with E-state index in [-0.39, 0.29) is 0 Å². The fourth-order valence-corrected chi connectivity index (χ4v) is 2.77. The number of para-hydroxylation sites is 1.